The summed E-state index contributed by atoms with van der Waals surface area (Å²) in [6, 6.07) is 3.91. The van der Waals surface area contributed by atoms with E-state index in [4.69, 9.17) is 16.3 Å². The van der Waals surface area contributed by atoms with Gasteiger partial charge in [-0.05, 0) is 74.5 Å². The molecule has 4 fully saturated rings. The lowest BCUT2D eigenvalue weighted by atomic mass is 9.49. The van der Waals surface area contributed by atoms with Crippen molar-refractivity contribution in [2.45, 2.75) is 38.5 Å². The number of ether oxygens (including phenoxy) is 1. The van der Waals surface area contributed by atoms with Gasteiger partial charge >= 0.3 is 5.97 Å². The molecule has 4 nitrogen and oxygen atoms in total. The van der Waals surface area contributed by atoms with Crippen molar-refractivity contribution in [2.24, 2.45) is 23.2 Å². The largest absolute Gasteiger partial charge is 0.455 e. The van der Waals surface area contributed by atoms with Gasteiger partial charge in [0.1, 0.15) is 5.82 Å². The molecule has 0 spiro atoms. The molecule has 1 amide bonds. The van der Waals surface area contributed by atoms with Crippen LogP contribution >= 0.6 is 11.6 Å². The smallest absolute Gasteiger partial charge is 0.312 e. The van der Waals surface area contributed by atoms with E-state index in [1.165, 1.54) is 37.5 Å². The van der Waals surface area contributed by atoms with Crippen LogP contribution in [0.25, 0.3) is 0 Å². The highest BCUT2D eigenvalue weighted by molar-refractivity contribution is 6.30. The van der Waals surface area contributed by atoms with Gasteiger partial charge < -0.3 is 10.1 Å². The van der Waals surface area contributed by atoms with Crippen LogP contribution in [0.4, 0.5) is 10.1 Å². The monoisotopic (exact) mass is 365 g/mol. The average molecular weight is 366 g/mol. The molecule has 25 heavy (non-hydrogen) atoms. The lowest BCUT2D eigenvalue weighted by Crippen LogP contribution is -2.50. The molecule has 134 valence electrons. The van der Waals surface area contributed by atoms with Crippen molar-refractivity contribution < 1.29 is 18.7 Å². The van der Waals surface area contributed by atoms with Crippen LogP contribution in [0.15, 0.2) is 18.2 Å². The second-order valence-electron chi connectivity index (χ2n) is 7.95. The predicted octanol–water partition coefficient (Wildman–Crippen LogP) is 4.18. The number of carbonyl (C=O) groups excluding carboxylic acids is 2. The van der Waals surface area contributed by atoms with Gasteiger partial charge in [0.25, 0.3) is 5.91 Å². The van der Waals surface area contributed by atoms with Crippen molar-refractivity contribution in [3.8, 4) is 0 Å². The van der Waals surface area contributed by atoms with Gasteiger partial charge in [0.2, 0.25) is 0 Å². The van der Waals surface area contributed by atoms with Crippen molar-refractivity contribution in [2.75, 3.05) is 11.9 Å². The number of halogens is 2. The SMILES string of the molecule is O=C(COC(=O)C12CC3CC(CC(C3)C1)C2)Nc1cc(Cl)ccc1F. The molecule has 0 aliphatic heterocycles. The second-order valence-corrected chi connectivity index (χ2v) is 8.38. The highest BCUT2D eigenvalue weighted by atomic mass is 35.5. The van der Waals surface area contributed by atoms with Gasteiger partial charge in [0.05, 0.1) is 11.1 Å². The highest BCUT2D eigenvalue weighted by Crippen LogP contribution is 2.60. The Morgan fingerprint density at radius 1 is 1.16 bits per heavy atom. The minimum absolute atomic E-state index is 0.0108. The van der Waals surface area contributed by atoms with E-state index < -0.39 is 23.7 Å². The van der Waals surface area contributed by atoms with Gasteiger partial charge in [0, 0.05) is 5.02 Å². The zero-order valence-electron chi connectivity index (χ0n) is 13.9. The summed E-state index contributed by atoms with van der Waals surface area (Å²) in [4.78, 5) is 24.7. The predicted molar refractivity (Wildman–Crippen MR) is 91.6 cm³/mol. The third-order valence-electron chi connectivity index (χ3n) is 6.01. The van der Waals surface area contributed by atoms with Crippen molar-refractivity contribution in [1.29, 1.82) is 0 Å². The Morgan fingerprint density at radius 3 is 2.36 bits per heavy atom. The number of benzene rings is 1. The molecule has 0 atom stereocenters. The van der Waals surface area contributed by atoms with E-state index >= 15 is 0 Å². The van der Waals surface area contributed by atoms with E-state index in [1.54, 1.807) is 0 Å². The number of carbonyl (C=O) groups is 2. The Labute approximate surface area is 151 Å². The fraction of sp³-hybridized carbons (Fsp3) is 0.579. The maximum absolute atomic E-state index is 13.7. The van der Waals surface area contributed by atoms with E-state index in [2.05, 4.69) is 5.32 Å². The molecule has 1 aromatic rings. The Morgan fingerprint density at radius 2 is 1.76 bits per heavy atom. The minimum atomic E-state index is -0.579. The zero-order valence-corrected chi connectivity index (χ0v) is 14.7. The second kappa shape index (κ2) is 6.27. The Kier molecular flexibility index (Phi) is 4.22. The fourth-order valence-corrected chi connectivity index (χ4v) is 5.60. The standard InChI is InChI=1S/C19H21ClFNO3/c20-14-1-2-15(21)16(6-14)22-17(23)10-25-18(24)19-7-11-3-12(8-19)5-13(4-11)9-19/h1-2,6,11-13H,3-5,7-10H2,(H,22,23). The molecule has 4 bridgehead atoms. The summed E-state index contributed by atoms with van der Waals surface area (Å²) < 4.78 is 19.0. The number of rotatable bonds is 4. The van der Waals surface area contributed by atoms with E-state index in [9.17, 15) is 14.0 Å². The van der Waals surface area contributed by atoms with Gasteiger partial charge in [-0.15, -0.1) is 0 Å². The van der Waals surface area contributed by atoms with Crippen LogP contribution in [-0.4, -0.2) is 18.5 Å². The number of hydrogen-bond donors (Lipinski definition) is 1. The van der Waals surface area contributed by atoms with Crippen molar-refractivity contribution in [3.63, 3.8) is 0 Å². The first-order valence-electron chi connectivity index (χ1n) is 8.86. The molecule has 1 N–H and O–H groups in total. The van der Waals surface area contributed by atoms with Gasteiger partial charge in [-0.2, -0.15) is 0 Å². The van der Waals surface area contributed by atoms with Gasteiger partial charge in [-0.1, -0.05) is 11.6 Å². The molecule has 0 heterocycles. The summed E-state index contributed by atoms with van der Waals surface area (Å²) in [7, 11) is 0. The Bertz CT molecular complexity index is 685. The van der Waals surface area contributed by atoms with Crippen molar-refractivity contribution in [1.82, 2.24) is 0 Å². The maximum atomic E-state index is 13.7. The summed E-state index contributed by atoms with van der Waals surface area (Å²) in [5.74, 6) is 0.507. The Balaban J connectivity index is 1.36. The quantitative estimate of drug-likeness (QED) is 0.814. The molecule has 0 radical (unpaired) electrons. The zero-order chi connectivity index (χ0) is 17.6. The number of esters is 1. The maximum Gasteiger partial charge on any atom is 0.312 e. The molecule has 1 aromatic carbocycles. The van der Waals surface area contributed by atoms with Crippen molar-refractivity contribution in [3.05, 3.63) is 29.0 Å². The van der Waals surface area contributed by atoms with Crippen LogP contribution in [0, 0.1) is 29.0 Å². The van der Waals surface area contributed by atoms with Crippen LogP contribution in [0.5, 0.6) is 0 Å². The topological polar surface area (TPSA) is 55.4 Å². The van der Waals surface area contributed by atoms with Crippen molar-refractivity contribution >= 4 is 29.2 Å². The molecule has 4 aliphatic carbocycles. The minimum Gasteiger partial charge on any atom is -0.455 e. The summed E-state index contributed by atoms with van der Waals surface area (Å²) in [5.41, 5.74) is -0.403. The van der Waals surface area contributed by atoms with Gasteiger partial charge in [-0.25, -0.2) is 4.39 Å². The first-order chi connectivity index (χ1) is 11.9. The summed E-state index contributed by atoms with van der Waals surface area (Å²) >= 11 is 5.80. The summed E-state index contributed by atoms with van der Waals surface area (Å²) in [6.45, 7) is -0.396. The molecular formula is C19H21ClFNO3. The van der Waals surface area contributed by atoms with E-state index in [1.807, 2.05) is 0 Å². The highest BCUT2D eigenvalue weighted by Gasteiger charge is 2.55. The summed E-state index contributed by atoms with van der Waals surface area (Å²) in [6.07, 6.45) is 6.39. The first-order valence-corrected chi connectivity index (χ1v) is 9.23. The number of amides is 1. The molecule has 6 heteroatoms. The summed E-state index contributed by atoms with van der Waals surface area (Å²) in [5, 5.41) is 2.73. The number of hydrogen-bond acceptors (Lipinski definition) is 3. The van der Waals surface area contributed by atoms with Crippen LogP contribution in [-0.2, 0) is 14.3 Å². The molecule has 0 saturated heterocycles. The number of nitrogens with one attached hydrogen (secondary N) is 1. The lowest BCUT2D eigenvalue weighted by molar-refractivity contribution is -0.172. The van der Waals surface area contributed by atoms with E-state index in [0.29, 0.717) is 22.8 Å². The van der Waals surface area contributed by atoms with Crippen LogP contribution < -0.4 is 5.32 Å². The molecule has 4 saturated carbocycles. The van der Waals surface area contributed by atoms with E-state index in [0.717, 1.165) is 19.3 Å². The van der Waals surface area contributed by atoms with Crippen LogP contribution in [0.1, 0.15) is 38.5 Å². The first kappa shape index (κ1) is 16.8. The normalized spacial score (nSPS) is 32.5. The average Bonchev–Trinajstić information content (AvgIpc) is 2.55. The Hall–Kier alpha value is -1.62. The lowest BCUT2D eigenvalue weighted by Gasteiger charge is -2.55. The van der Waals surface area contributed by atoms with E-state index in [-0.39, 0.29) is 11.7 Å². The third kappa shape index (κ3) is 3.26. The third-order valence-corrected chi connectivity index (χ3v) is 6.24. The number of anilines is 1. The molecule has 0 unspecified atom stereocenters. The molecular weight excluding hydrogens is 345 g/mol. The molecule has 0 aromatic heterocycles. The van der Waals surface area contributed by atoms with Crippen LogP contribution in [0.2, 0.25) is 5.02 Å². The molecule has 5 rings (SSSR count). The fourth-order valence-electron chi connectivity index (χ4n) is 5.42. The van der Waals surface area contributed by atoms with Crippen LogP contribution in [0.3, 0.4) is 0 Å². The van der Waals surface area contributed by atoms with Gasteiger partial charge in [-0.3, -0.25) is 9.59 Å². The van der Waals surface area contributed by atoms with Gasteiger partial charge in [0.15, 0.2) is 6.61 Å². The molecule has 4 aliphatic rings.